The Labute approximate surface area is 126 Å². The molecule has 0 radical (unpaired) electrons. The topological polar surface area (TPSA) is 49.3 Å². The molecule has 1 aliphatic rings. The molecule has 0 bridgehead atoms. The fraction of sp³-hybridized carbons (Fsp3) is 0.533. The van der Waals surface area contributed by atoms with Gasteiger partial charge in [-0.15, -0.1) is 0 Å². The van der Waals surface area contributed by atoms with Gasteiger partial charge < -0.3 is 10.4 Å². The normalized spacial score (nSPS) is 17.8. The minimum atomic E-state index is -1.14. The lowest BCUT2D eigenvalue weighted by atomic mass is 9.76. The van der Waals surface area contributed by atoms with Gasteiger partial charge in [0.05, 0.1) is 15.7 Å². The summed E-state index contributed by atoms with van der Waals surface area (Å²) in [6.07, 6.45) is 6.03. The second-order valence-electron chi connectivity index (χ2n) is 5.82. The van der Waals surface area contributed by atoms with Crippen LogP contribution in [0.25, 0.3) is 0 Å². The van der Waals surface area contributed by atoms with Crippen LogP contribution in [-0.2, 0) is 0 Å². The van der Waals surface area contributed by atoms with Crippen molar-refractivity contribution in [1.82, 2.24) is 0 Å². The van der Waals surface area contributed by atoms with Crippen LogP contribution >= 0.6 is 15.9 Å². The van der Waals surface area contributed by atoms with E-state index in [9.17, 15) is 9.18 Å². The summed E-state index contributed by atoms with van der Waals surface area (Å²) in [7, 11) is 0. The van der Waals surface area contributed by atoms with Crippen molar-refractivity contribution in [2.24, 2.45) is 5.41 Å². The number of hydrogen-bond donors (Lipinski definition) is 2. The van der Waals surface area contributed by atoms with Crippen molar-refractivity contribution in [1.29, 1.82) is 0 Å². The Hall–Kier alpha value is -1.10. The lowest BCUT2D eigenvalue weighted by Gasteiger charge is -2.34. The summed E-state index contributed by atoms with van der Waals surface area (Å²) in [5, 5.41) is 12.1. The van der Waals surface area contributed by atoms with Crippen molar-refractivity contribution in [3.05, 3.63) is 28.0 Å². The molecule has 1 aromatic carbocycles. The zero-order valence-electron chi connectivity index (χ0n) is 11.5. The summed E-state index contributed by atoms with van der Waals surface area (Å²) in [5.74, 6) is -1.68. The minimum absolute atomic E-state index is 0.00352. The van der Waals surface area contributed by atoms with Gasteiger partial charge in [0.15, 0.2) is 5.82 Å². The van der Waals surface area contributed by atoms with Gasteiger partial charge in [-0.25, -0.2) is 9.18 Å². The molecule has 1 saturated carbocycles. The largest absolute Gasteiger partial charge is 0.478 e. The van der Waals surface area contributed by atoms with Gasteiger partial charge in [0, 0.05) is 6.54 Å². The molecule has 0 heterocycles. The number of benzene rings is 1. The maximum Gasteiger partial charge on any atom is 0.336 e. The molecule has 110 valence electrons. The predicted molar refractivity (Wildman–Crippen MR) is 80.7 cm³/mol. The Morgan fingerprint density at radius 2 is 2.05 bits per heavy atom. The number of rotatable bonds is 4. The van der Waals surface area contributed by atoms with E-state index < -0.39 is 11.8 Å². The van der Waals surface area contributed by atoms with E-state index in [4.69, 9.17) is 5.11 Å². The van der Waals surface area contributed by atoms with E-state index in [-0.39, 0.29) is 15.5 Å². The lowest BCUT2D eigenvalue weighted by Crippen LogP contribution is -2.29. The number of nitrogens with one attached hydrogen (secondary N) is 1. The summed E-state index contributed by atoms with van der Waals surface area (Å²) in [6.45, 7) is 2.93. The van der Waals surface area contributed by atoms with E-state index in [1.807, 2.05) is 0 Å². The minimum Gasteiger partial charge on any atom is -0.478 e. The molecule has 0 amide bonds. The van der Waals surface area contributed by atoms with Crippen molar-refractivity contribution in [3.63, 3.8) is 0 Å². The lowest BCUT2D eigenvalue weighted by molar-refractivity contribution is 0.0695. The Morgan fingerprint density at radius 1 is 1.40 bits per heavy atom. The summed E-state index contributed by atoms with van der Waals surface area (Å²) in [4.78, 5) is 10.9. The highest BCUT2D eigenvalue weighted by molar-refractivity contribution is 9.10. The summed E-state index contributed by atoms with van der Waals surface area (Å²) >= 11 is 3.02. The zero-order valence-corrected chi connectivity index (χ0v) is 13.1. The van der Waals surface area contributed by atoms with Gasteiger partial charge in [0.2, 0.25) is 0 Å². The van der Waals surface area contributed by atoms with Gasteiger partial charge in [-0.05, 0) is 46.3 Å². The smallest absolute Gasteiger partial charge is 0.336 e. The van der Waals surface area contributed by atoms with E-state index >= 15 is 0 Å². The standard InChI is InChI=1S/C15H19BrFNO2/c1-15(7-3-2-4-8-15)9-18-11-6-5-10(14(19)20)12(16)13(11)17/h5-6,18H,2-4,7-9H2,1H3,(H,19,20). The number of carboxylic acid groups (broad SMARTS) is 1. The zero-order chi connectivity index (χ0) is 14.8. The Morgan fingerprint density at radius 3 is 2.65 bits per heavy atom. The molecule has 0 spiro atoms. The first kappa shape index (κ1) is 15.3. The first-order valence-corrected chi connectivity index (χ1v) is 7.67. The average molecular weight is 344 g/mol. The van der Waals surface area contributed by atoms with E-state index in [1.165, 1.54) is 31.4 Å². The summed E-state index contributed by atoms with van der Waals surface area (Å²) < 4.78 is 14.1. The van der Waals surface area contributed by atoms with Crippen LogP contribution in [0.5, 0.6) is 0 Å². The highest BCUT2D eigenvalue weighted by Crippen LogP contribution is 2.36. The second kappa shape index (κ2) is 6.12. The molecule has 0 aromatic heterocycles. The van der Waals surface area contributed by atoms with Gasteiger partial charge in [0.25, 0.3) is 0 Å². The summed E-state index contributed by atoms with van der Waals surface area (Å²) in [5.41, 5.74) is 0.494. The molecule has 1 aliphatic carbocycles. The van der Waals surface area contributed by atoms with E-state index in [1.54, 1.807) is 0 Å². The SMILES string of the molecule is CC1(CNc2ccc(C(=O)O)c(Br)c2F)CCCCC1. The molecule has 2 N–H and O–H groups in total. The molecule has 20 heavy (non-hydrogen) atoms. The molecule has 0 unspecified atom stereocenters. The Kier molecular flexibility index (Phi) is 4.68. The monoisotopic (exact) mass is 343 g/mol. The van der Waals surface area contributed by atoms with Crippen molar-refractivity contribution >= 4 is 27.6 Å². The third-order valence-electron chi connectivity index (χ3n) is 4.08. The number of hydrogen-bond acceptors (Lipinski definition) is 2. The number of carboxylic acids is 1. The predicted octanol–water partition coefficient (Wildman–Crippen LogP) is 4.67. The van der Waals surface area contributed by atoms with Crippen LogP contribution in [-0.4, -0.2) is 17.6 Å². The molecule has 0 saturated heterocycles. The summed E-state index contributed by atoms with van der Waals surface area (Å²) in [6, 6.07) is 2.91. The van der Waals surface area contributed by atoms with E-state index in [0.29, 0.717) is 12.2 Å². The van der Waals surface area contributed by atoms with Crippen LogP contribution in [0, 0.1) is 11.2 Å². The van der Waals surface area contributed by atoms with Crippen molar-refractivity contribution in [3.8, 4) is 0 Å². The van der Waals surface area contributed by atoms with Crippen LogP contribution in [0.4, 0.5) is 10.1 Å². The second-order valence-corrected chi connectivity index (χ2v) is 6.61. The molecule has 5 heteroatoms. The highest BCUT2D eigenvalue weighted by atomic mass is 79.9. The van der Waals surface area contributed by atoms with E-state index in [0.717, 1.165) is 12.8 Å². The van der Waals surface area contributed by atoms with Crippen LogP contribution in [0.1, 0.15) is 49.4 Å². The first-order chi connectivity index (χ1) is 9.43. The van der Waals surface area contributed by atoms with Crippen LogP contribution in [0.15, 0.2) is 16.6 Å². The number of carbonyl (C=O) groups is 1. The van der Waals surface area contributed by atoms with Gasteiger partial charge in [-0.3, -0.25) is 0 Å². The molecular formula is C15H19BrFNO2. The maximum absolute atomic E-state index is 14.1. The maximum atomic E-state index is 14.1. The fourth-order valence-electron chi connectivity index (χ4n) is 2.74. The molecule has 1 aromatic rings. The number of halogens is 2. The molecular weight excluding hydrogens is 325 g/mol. The van der Waals surface area contributed by atoms with Gasteiger partial charge >= 0.3 is 5.97 Å². The average Bonchev–Trinajstić information content (AvgIpc) is 2.41. The molecule has 0 aliphatic heterocycles. The Balaban J connectivity index is 2.10. The van der Waals surface area contributed by atoms with Crippen LogP contribution < -0.4 is 5.32 Å². The van der Waals surface area contributed by atoms with Crippen molar-refractivity contribution < 1.29 is 14.3 Å². The van der Waals surface area contributed by atoms with Crippen molar-refractivity contribution in [2.45, 2.75) is 39.0 Å². The third kappa shape index (κ3) is 3.32. The molecule has 2 rings (SSSR count). The molecule has 0 atom stereocenters. The number of aromatic carboxylic acids is 1. The van der Waals surface area contributed by atoms with Gasteiger partial charge in [-0.2, -0.15) is 0 Å². The fourth-order valence-corrected chi connectivity index (χ4v) is 3.26. The van der Waals surface area contributed by atoms with Crippen molar-refractivity contribution in [2.75, 3.05) is 11.9 Å². The first-order valence-electron chi connectivity index (χ1n) is 6.88. The molecule has 1 fully saturated rings. The third-order valence-corrected chi connectivity index (χ3v) is 4.85. The molecule has 3 nitrogen and oxygen atoms in total. The van der Waals surface area contributed by atoms with Gasteiger partial charge in [-0.1, -0.05) is 26.2 Å². The van der Waals surface area contributed by atoms with Gasteiger partial charge in [0.1, 0.15) is 0 Å². The quantitative estimate of drug-likeness (QED) is 0.835. The Bertz CT molecular complexity index is 513. The van der Waals surface area contributed by atoms with Crippen LogP contribution in [0.3, 0.4) is 0 Å². The number of anilines is 1. The van der Waals surface area contributed by atoms with E-state index in [2.05, 4.69) is 28.2 Å². The van der Waals surface area contributed by atoms with Crippen LogP contribution in [0.2, 0.25) is 0 Å². The highest BCUT2D eigenvalue weighted by Gasteiger charge is 2.27.